The van der Waals surface area contributed by atoms with Crippen LogP contribution in [0.4, 0.5) is 0 Å². The summed E-state index contributed by atoms with van der Waals surface area (Å²) in [6, 6.07) is 1.70. The number of rotatable bonds is 4. The summed E-state index contributed by atoms with van der Waals surface area (Å²) in [5, 5.41) is 0. The molecule has 3 saturated carbocycles. The Bertz CT molecular complexity index is 456. The highest BCUT2D eigenvalue weighted by atomic mass is 15.2. The van der Waals surface area contributed by atoms with Gasteiger partial charge in [0.25, 0.3) is 0 Å². The minimum absolute atomic E-state index is 0.848. The van der Waals surface area contributed by atoms with Crippen LogP contribution in [0, 0.1) is 11.8 Å². The fourth-order valence-corrected chi connectivity index (χ4v) is 6.39. The summed E-state index contributed by atoms with van der Waals surface area (Å²) in [5.74, 6) is 2.14. The first-order chi connectivity index (χ1) is 12.4. The van der Waals surface area contributed by atoms with E-state index in [1.165, 1.54) is 103 Å². The van der Waals surface area contributed by atoms with Crippen LogP contribution in [-0.4, -0.2) is 17.0 Å². The SMILES string of the molecule is C1=CCCC(N(C2CCCCC2)C2CCC(C3CCCCC3)CC2)=C1. The molecule has 4 aliphatic carbocycles. The maximum Gasteiger partial charge on any atom is 0.0290 e. The quantitative estimate of drug-likeness (QED) is 0.532. The number of nitrogens with zero attached hydrogens (tertiary/aromatic N) is 1. The highest BCUT2D eigenvalue weighted by Crippen LogP contribution is 2.41. The van der Waals surface area contributed by atoms with Crippen molar-refractivity contribution in [3.63, 3.8) is 0 Å². The molecule has 0 unspecified atom stereocenters. The number of hydrogen-bond donors (Lipinski definition) is 0. The van der Waals surface area contributed by atoms with Crippen molar-refractivity contribution in [2.24, 2.45) is 11.8 Å². The van der Waals surface area contributed by atoms with Crippen LogP contribution in [0.1, 0.15) is 103 Å². The molecule has 0 aromatic heterocycles. The first-order valence-corrected chi connectivity index (χ1v) is 11.6. The van der Waals surface area contributed by atoms with Gasteiger partial charge >= 0.3 is 0 Å². The van der Waals surface area contributed by atoms with Gasteiger partial charge in [0.15, 0.2) is 0 Å². The summed E-state index contributed by atoms with van der Waals surface area (Å²) in [6.45, 7) is 0. The first kappa shape index (κ1) is 17.7. The van der Waals surface area contributed by atoms with E-state index in [0.29, 0.717) is 0 Å². The minimum atomic E-state index is 0.848. The first-order valence-electron chi connectivity index (χ1n) is 11.6. The monoisotopic (exact) mass is 341 g/mol. The van der Waals surface area contributed by atoms with Crippen molar-refractivity contribution in [1.82, 2.24) is 4.90 Å². The molecule has 0 radical (unpaired) electrons. The van der Waals surface area contributed by atoms with Crippen LogP contribution >= 0.6 is 0 Å². The standard InChI is InChI=1S/C24H39N/c1-4-10-20(11-5-1)21-16-18-24(19-17-21)25(22-12-6-2-7-13-22)23-14-8-3-9-15-23/h2,6,12,20-21,23-24H,1,3-5,7-11,13-19H2. The van der Waals surface area contributed by atoms with Crippen LogP contribution < -0.4 is 0 Å². The van der Waals surface area contributed by atoms with Gasteiger partial charge in [-0.15, -0.1) is 0 Å². The van der Waals surface area contributed by atoms with E-state index < -0.39 is 0 Å². The second-order valence-corrected chi connectivity index (χ2v) is 9.29. The summed E-state index contributed by atoms with van der Waals surface area (Å²) in [4.78, 5) is 2.96. The zero-order valence-corrected chi connectivity index (χ0v) is 16.3. The Morgan fingerprint density at radius 2 is 1.24 bits per heavy atom. The van der Waals surface area contributed by atoms with Gasteiger partial charge in [-0.25, -0.2) is 0 Å². The van der Waals surface area contributed by atoms with Gasteiger partial charge in [-0.3, -0.25) is 0 Å². The lowest BCUT2D eigenvalue weighted by molar-refractivity contribution is 0.0827. The van der Waals surface area contributed by atoms with Gasteiger partial charge in [-0.05, 0) is 69.3 Å². The second kappa shape index (κ2) is 8.78. The van der Waals surface area contributed by atoms with E-state index in [2.05, 4.69) is 23.1 Å². The highest BCUT2D eigenvalue weighted by Gasteiger charge is 2.34. The zero-order valence-electron chi connectivity index (χ0n) is 16.3. The molecule has 0 heterocycles. The Labute approximate surface area is 155 Å². The topological polar surface area (TPSA) is 3.24 Å². The molecule has 140 valence electrons. The van der Waals surface area contributed by atoms with Crippen molar-refractivity contribution in [2.75, 3.05) is 0 Å². The van der Waals surface area contributed by atoms with E-state index in [1.54, 1.807) is 5.70 Å². The molecule has 0 amide bonds. The van der Waals surface area contributed by atoms with E-state index in [0.717, 1.165) is 23.9 Å². The van der Waals surface area contributed by atoms with Crippen LogP contribution in [0.5, 0.6) is 0 Å². The van der Waals surface area contributed by atoms with Crippen LogP contribution in [0.15, 0.2) is 23.9 Å². The van der Waals surface area contributed by atoms with Crippen molar-refractivity contribution >= 4 is 0 Å². The average Bonchev–Trinajstić information content (AvgIpc) is 2.71. The zero-order chi connectivity index (χ0) is 16.9. The third-order valence-corrected chi connectivity index (χ3v) is 7.74. The van der Waals surface area contributed by atoms with Crippen LogP contribution in [0.3, 0.4) is 0 Å². The fraction of sp³-hybridized carbons (Fsp3) is 0.833. The summed E-state index contributed by atoms with van der Waals surface area (Å²) in [5.41, 5.74) is 1.68. The van der Waals surface area contributed by atoms with E-state index in [9.17, 15) is 0 Å². The molecule has 0 atom stereocenters. The summed E-state index contributed by atoms with van der Waals surface area (Å²) >= 11 is 0. The molecule has 0 saturated heterocycles. The summed E-state index contributed by atoms with van der Waals surface area (Å²) in [6.07, 6.45) is 30.5. The van der Waals surface area contributed by atoms with Crippen molar-refractivity contribution < 1.29 is 0 Å². The molecule has 25 heavy (non-hydrogen) atoms. The van der Waals surface area contributed by atoms with Crippen molar-refractivity contribution in [3.8, 4) is 0 Å². The van der Waals surface area contributed by atoms with Gasteiger partial charge in [0, 0.05) is 17.8 Å². The molecule has 0 bridgehead atoms. The molecule has 0 aromatic rings. The largest absolute Gasteiger partial charge is 0.369 e. The van der Waals surface area contributed by atoms with E-state index in [-0.39, 0.29) is 0 Å². The normalized spacial score (nSPS) is 32.4. The summed E-state index contributed by atoms with van der Waals surface area (Å²) in [7, 11) is 0. The Morgan fingerprint density at radius 3 is 1.88 bits per heavy atom. The molecule has 1 heteroatoms. The molecule has 0 aliphatic heterocycles. The number of hydrogen-bond acceptors (Lipinski definition) is 1. The van der Waals surface area contributed by atoms with Gasteiger partial charge < -0.3 is 4.90 Å². The van der Waals surface area contributed by atoms with E-state index in [4.69, 9.17) is 0 Å². The molecule has 1 nitrogen and oxygen atoms in total. The van der Waals surface area contributed by atoms with Gasteiger partial charge in [-0.2, -0.15) is 0 Å². The third kappa shape index (κ3) is 4.34. The predicted octanol–water partition coefficient (Wildman–Crippen LogP) is 6.99. The van der Waals surface area contributed by atoms with Crippen LogP contribution in [0.25, 0.3) is 0 Å². The lowest BCUT2D eigenvalue weighted by atomic mass is 9.72. The van der Waals surface area contributed by atoms with Gasteiger partial charge in [0.1, 0.15) is 0 Å². The maximum atomic E-state index is 2.96. The lowest BCUT2D eigenvalue weighted by Crippen LogP contribution is -2.45. The molecular formula is C24H39N. The highest BCUT2D eigenvalue weighted by molar-refractivity contribution is 5.19. The van der Waals surface area contributed by atoms with E-state index in [1.807, 2.05) is 0 Å². The van der Waals surface area contributed by atoms with E-state index >= 15 is 0 Å². The Balaban J connectivity index is 1.41. The second-order valence-electron chi connectivity index (χ2n) is 9.29. The fourth-order valence-electron chi connectivity index (χ4n) is 6.39. The molecule has 0 aromatic carbocycles. The molecule has 0 N–H and O–H groups in total. The molecule has 0 spiro atoms. The molecule has 4 aliphatic rings. The Kier molecular flexibility index (Phi) is 6.21. The molecular weight excluding hydrogens is 302 g/mol. The third-order valence-electron chi connectivity index (χ3n) is 7.74. The maximum absolute atomic E-state index is 2.96. The molecule has 4 rings (SSSR count). The van der Waals surface area contributed by atoms with Crippen LogP contribution in [-0.2, 0) is 0 Å². The Morgan fingerprint density at radius 1 is 0.640 bits per heavy atom. The van der Waals surface area contributed by atoms with Gasteiger partial charge in [-0.1, -0.05) is 63.5 Å². The van der Waals surface area contributed by atoms with Gasteiger partial charge in [0.2, 0.25) is 0 Å². The van der Waals surface area contributed by atoms with Crippen molar-refractivity contribution in [1.29, 1.82) is 0 Å². The molecule has 3 fully saturated rings. The van der Waals surface area contributed by atoms with Crippen LogP contribution in [0.2, 0.25) is 0 Å². The Hall–Kier alpha value is -0.720. The number of allylic oxidation sites excluding steroid dienone is 4. The lowest BCUT2D eigenvalue weighted by Gasteiger charge is -2.47. The average molecular weight is 342 g/mol. The minimum Gasteiger partial charge on any atom is -0.369 e. The van der Waals surface area contributed by atoms with Crippen molar-refractivity contribution in [3.05, 3.63) is 23.9 Å². The predicted molar refractivity (Wildman–Crippen MR) is 107 cm³/mol. The summed E-state index contributed by atoms with van der Waals surface area (Å²) < 4.78 is 0. The smallest absolute Gasteiger partial charge is 0.0290 e. The van der Waals surface area contributed by atoms with Crippen molar-refractivity contribution in [2.45, 2.75) is 115 Å². The van der Waals surface area contributed by atoms with Gasteiger partial charge in [0.05, 0.1) is 0 Å².